The number of piperidine rings is 2. The van der Waals surface area contributed by atoms with E-state index < -0.39 is 0 Å². The van der Waals surface area contributed by atoms with Crippen molar-refractivity contribution in [3.63, 3.8) is 0 Å². The van der Waals surface area contributed by atoms with Crippen LogP contribution in [0.4, 0.5) is 0 Å². The fourth-order valence-corrected chi connectivity index (χ4v) is 3.13. The predicted molar refractivity (Wildman–Crippen MR) is 70.1 cm³/mol. The zero-order valence-electron chi connectivity index (χ0n) is 11.3. The van der Waals surface area contributed by atoms with Crippen LogP contribution in [0.1, 0.15) is 32.6 Å². The number of carbonyl (C=O) groups excluding carboxylic acids is 1. The molecule has 0 unspecified atom stereocenters. The van der Waals surface area contributed by atoms with E-state index in [4.69, 9.17) is 0 Å². The standard InChI is InChI=1S/C14H26N2O/c1-12(17)14-5-9-16(10-6-14)11-13-3-7-15(2)8-4-13/h13-14H,3-11H2,1-2H3. The van der Waals surface area contributed by atoms with Gasteiger partial charge in [0.15, 0.2) is 0 Å². The van der Waals surface area contributed by atoms with Crippen LogP contribution in [-0.2, 0) is 4.79 Å². The average molecular weight is 238 g/mol. The zero-order chi connectivity index (χ0) is 12.3. The molecule has 0 radical (unpaired) electrons. The van der Waals surface area contributed by atoms with E-state index >= 15 is 0 Å². The summed E-state index contributed by atoms with van der Waals surface area (Å²) in [7, 11) is 2.22. The molecule has 3 heteroatoms. The first-order valence-electron chi connectivity index (χ1n) is 7.06. The summed E-state index contributed by atoms with van der Waals surface area (Å²) >= 11 is 0. The lowest BCUT2D eigenvalue weighted by Gasteiger charge is -2.36. The van der Waals surface area contributed by atoms with Crippen LogP contribution in [0.15, 0.2) is 0 Å². The van der Waals surface area contributed by atoms with Gasteiger partial charge in [-0.15, -0.1) is 0 Å². The molecule has 0 N–H and O–H groups in total. The Morgan fingerprint density at radius 2 is 1.65 bits per heavy atom. The van der Waals surface area contributed by atoms with Gasteiger partial charge in [0.2, 0.25) is 0 Å². The lowest BCUT2D eigenvalue weighted by Crippen LogP contribution is -2.41. The molecule has 0 bridgehead atoms. The summed E-state index contributed by atoms with van der Waals surface area (Å²) in [6, 6.07) is 0. The van der Waals surface area contributed by atoms with Crippen LogP contribution in [0.3, 0.4) is 0 Å². The van der Waals surface area contributed by atoms with E-state index in [0.717, 1.165) is 31.8 Å². The molecule has 2 heterocycles. The van der Waals surface area contributed by atoms with Gasteiger partial charge in [-0.1, -0.05) is 0 Å². The summed E-state index contributed by atoms with van der Waals surface area (Å²) in [6.45, 7) is 7.80. The maximum atomic E-state index is 11.3. The topological polar surface area (TPSA) is 23.6 Å². The van der Waals surface area contributed by atoms with Crippen molar-refractivity contribution >= 4 is 5.78 Å². The van der Waals surface area contributed by atoms with Crippen molar-refractivity contribution in [1.29, 1.82) is 0 Å². The van der Waals surface area contributed by atoms with E-state index in [1.807, 2.05) is 0 Å². The normalized spacial score (nSPS) is 26.2. The highest BCUT2D eigenvalue weighted by Crippen LogP contribution is 2.22. The number of ketones is 1. The zero-order valence-corrected chi connectivity index (χ0v) is 11.3. The summed E-state index contributed by atoms with van der Waals surface area (Å²) in [4.78, 5) is 16.3. The highest BCUT2D eigenvalue weighted by Gasteiger charge is 2.25. The smallest absolute Gasteiger partial charge is 0.133 e. The molecule has 2 aliphatic rings. The molecule has 0 spiro atoms. The Labute approximate surface area is 105 Å². The number of carbonyl (C=O) groups is 1. The van der Waals surface area contributed by atoms with Crippen LogP contribution in [0.5, 0.6) is 0 Å². The molecule has 2 rings (SSSR count). The fraction of sp³-hybridized carbons (Fsp3) is 0.929. The third-order valence-corrected chi connectivity index (χ3v) is 4.52. The third kappa shape index (κ3) is 3.78. The molecule has 0 aliphatic carbocycles. The van der Waals surface area contributed by atoms with Crippen molar-refractivity contribution in [3.05, 3.63) is 0 Å². The van der Waals surface area contributed by atoms with Crippen LogP contribution >= 0.6 is 0 Å². The number of nitrogens with zero attached hydrogens (tertiary/aromatic N) is 2. The van der Waals surface area contributed by atoms with Gasteiger partial charge in [-0.25, -0.2) is 0 Å². The second-order valence-corrected chi connectivity index (χ2v) is 5.93. The van der Waals surface area contributed by atoms with Gasteiger partial charge in [0.25, 0.3) is 0 Å². The van der Waals surface area contributed by atoms with Crippen molar-refractivity contribution in [1.82, 2.24) is 9.80 Å². The van der Waals surface area contributed by atoms with Gasteiger partial charge in [-0.05, 0) is 71.8 Å². The fourth-order valence-electron chi connectivity index (χ4n) is 3.13. The van der Waals surface area contributed by atoms with Gasteiger partial charge in [-0.3, -0.25) is 4.79 Å². The molecular formula is C14H26N2O. The molecule has 3 nitrogen and oxygen atoms in total. The Hall–Kier alpha value is -0.410. The SMILES string of the molecule is CC(=O)C1CCN(CC2CCN(C)CC2)CC1. The van der Waals surface area contributed by atoms with Crippen molar-refractivity contribution in [2.45, 2.75) is 32.6 Å². The molecule has 0 aromatic rings. The second kappa shape index (κ2) is 5.96. The molecule has 2 fully saturated rings. The second-order valence-electron chi connectivity index (χ2n) is 5.93. The lowest BCUT2D eigenvalue weighted by atomic mass is 9.91. The number of likely N-dealkylation sites (tertiary alicyclic amines) is 2. The van der Waals surface area contributed by atoms with Crippen molar-refractivity contribution in [3.8, 4) is 0 Å². The molecule has 0 atom stereocenters. The van der Waals surface area contributed by atoms with Crippen LogP contribution in [0.25, 0.3) is 0 Å². The van der Waals surface area contributed by atoms with Crippen molar-refractivity contribution in [2.75, 3.05) is 39.8 Å². The first-order chi connectivity index (χ1) is 8.15. The van der Waals surface area contributed by atoms with Gasteiger partial charge in [0.1, 0.15) is 5.78 Å². The lowest BCUT2D eigenvalue weighted by molar-refractivity contribution is -0.122. The average Bonchev–Trinajstić information content (AvgIpc) is 2.33. The van der Waals surface area contributed by atoms with Gasteiger partial charge < -0.3 is 9.80 Å². The minimum absolute atomic E-state index is 0.351. The van der Waals surface area contributed by atoms with E-state index in [0.29, 0.717) is 11.7 Å². The highest BCUT2D eigenvalue weighted by atomic mass is 16.1. The molecule has 0 amide bonds. The minimum atomic E-state index is 0.351. The van der Waals surface area contributed by atoms with Crippen molar-refractivity contribution < 1.29 is 4.79 Å². The van der Waals surface area contributed by atoms with Gasteiger partial charge in [-0.2, -0.15) is 0 Å². The first kappa shape index (κ1) is 13.0. The van der Waals surface area contributed by atoms with Gasteiger partial charge in [0.05, 0.1) is 0 Å². The van der Waals surface area contributed by atoms with E-state index in [2.05, 4.69) is 16.8 Å². The predicted octanol–water partition coefficient (Wildman–Crippen LogP) is 1.63. The number of Topliss-reactive ketones (excluding diaryl/α,β-unsaturated/α-hetero) is 1. The molecule has 17 heavy (non-hydrogen) atoms. The molecule has 98 valence electrons. The minimum Gasteiger partial charge on any atom is -0.306 e. The van der Waals surface area contributed by atoms with E-state index in [9.17, 15) is 4.79 Å². The van der Waals surface area contributed by atoms with Crippen LogP contribution in [-0.4, -0.2) is 55.4 Å². The van der Waals surface area contributed by atoms with Crippen molar-refractivity contribution in [2.24, 2.45) is 11.8 Å². The highest BCUT2D eigenvalue weighted by molar-refractivity contribution is 5.78. The number of rotatable bonds is 3. The van der Waals surface area contributed by atoms with Crippen LogP contribution in [0, 0.1) is 11.8 Å². The molecule has 2 aliphatic heterocycles. The summed E-state index contributed by atoms with van der Waals surface area (Å²) in [6.07, 6.45) is 4.87. The first-order valence-corrected chi connectivity index (χ1v) is 7.06. The molecule has 0 aromatic heterocycles. The Morgan fingerprint density at radius 1 is 1.06 bits per heavy atom. The monoisotopic (exact) mass is 238 g/mol. The number of hydrogen-bond acceptors (Lipinski definition) is 3. The summed E-state index contributed by atoms with van der Waals surface area (Å²) in [5.74, 6) is 1.63. The summed E-state index contributed by atoms with van der Waals surface area (Å²) in [5, 5.41) is 0. The van der Waals surface area contributed by atoms with Gasteiger partial charge >= 0.3 is 0 Å². The Kier molecular flexibility index (Phi) is 4.57. The summed E-state index contributed by atoms with van der Waals surface area (Å²) < 4.78 is 0. The Balaban J connectivity index is 1.69. The van der Waals surface area contributed by atoms with Crippen LogP contribution < -0.4 is 0 Å². The van der Waals surface area contributed by atoms with Crippen LogP contribution in [0.2, 0.25) is 0 Å². The maximum absolute atomic E-state index is 11.3. The molecule has 2 saturated heterocycles. The quantitative estimate of drug-likeness (QED) is 0.746. The van der Waals surface area contributed by atoms with E-state index in [1.54, 1.807) is 6.92 Å². The van der Waals surface area contributed by atoms with E-state index in [-0.39, 0.29) is 0 Å². The third-order valence-electron chi connectivity index (χ3n) is 4.52. The Bertz CT molecular complexity index is 251. The molecule has 0 saturated carbocycles. The summed E-state index contributed by atoms with van der Waals surface area (Å²) in [5.41, 5.74) is 0. The molecular weight excluding hydrogens is 212 g/mol. The molecule has 0 aromatic carbocycles. The Morgan fingerprint density at radius 3 is 2.18 bits per heavy atom. The maximum Gasteiger partial charge on any atom is 0.133 e. The number of hydrogen-bond donors (Lipinski definition) is 0. The largest absolute Gasteiger partial charge is 0.306 e. The van der Waals surface area contributed by atoms with E-state index in [1.165, 1.54) is 32.5 Å². The van der Waals surface area contributed by atoms with Gasteiger partial charge in [0, 0.05) is 12.5 Å².